The first kappa shape index (κ1) is 17.6. The van der Waals surface area contributed by atoms with Crippen LogP contribution in [0.3, 0.4) is 0 Å². The molecular weight excluding hydrogens is 352 g/mol. The molecule has 0 saturated carbocycles. The molecule has 0 aliphatic carbocycles. The Morgan fingerprint density at radius 3 is 2.69 bits per heavy atom. The zero-order valence-corrected chi connectivity index (χ0v) is 14.7. The average Bonchev–Trinajstić information content (AvgIpc) is 3.01. The van der Waals surface area contributed by atoms with Crippen molar-refractivity contribution in [2.45, 2.75) is 12.1 Å². The molecule has 2 heterocycles. The van der Waals surface area contributed by atoms with E-state index >= 15 is 0 Å². The predicted molar refractivity (Wildman–Crippen MR) is 99.2 cm³/mol. The fraction of sp³-hybridized carbons (Fsp3) is 0.118. The van der Waals surface area contributed by atoms with Crippen LogP contribution in [0, 0.1) is 0 Å². The van der Waals surface area contributed by atoms with Crippen LogP contribution < -0.4 is 11.2 Å². The monoisotopic (exact) mass is 368 g/mol. The number of Topliss-reactive ketones (excluding diaryl/α,β-unsaturated/α-hetero) is 1. The molecule has 0 aliphatic rings. The number of nitrogens with zero attached hydrogens (tertiary/aromatic N) is 4. The highest BCUT2D eigenvalue weighted by molar-refractivity contribution is 7.99. The highest BCUT2D eigenvalue weighted by atomic mass is 32.2. The van der Waals surface area contributed by atoms with Gasteiger partial charge in [0.05, 0.1) is 5.75 Å². The summed E-state index contributed by atoms with van der Waals surface area (Å²) in [4.78, 5) is 27.5. The van der Waals surface area contributed by atoms with E-state index in [0.29, 0.717) is 22.2 Å². The topological polar surface area (TPSA) is 116 Å². The number of hydrogen-bond donors (Lipinski definition) is 2. The second-order valence-corrected chi connectivity index (χ2v) is 6.33. The fourth-order valence-electron chi connectivity index (χ4n) is 2.22. The number of nitrogens with one attached hydrogen (secondary N) is 1. The number of hydrogen-bond acceptors (Lipinski definition) is 7. The Labute approximate surface area is 153 Å². The van der Waals surface area contributed by atoms with Crippen LogP contribution in [0.2, 0.25) is 0 Å². The van der Waals surface area contributed by atoms with E-state index in [-0.39, 0.29) is 17.4 Å². The molecule has 0 atom stereocenters. The van der Waals surface area contributed by atoms with Crippen molar-refractivity contribution in [2.75, 3.05) is 16.9 Å². The maximum Gasteiger partial charge on any atom is 0.234 e. The molecule has 0 fully saturated rings. The summed E-state index contributed by atoms with van der Waals surface area (Å²) in [6.07, 6.45) is 3.28. The number of nitrogen functional groups attached to an aromatic ring is 1. The number of rotatable bonds is 6. The summed E-state index contributed by atoms with van der Waals surface area (Å²) in [5, 5.41) is 11.2. The van der Waals surface area contributed by atoms with Crippen molar-refractivity contribution in [3.05, 3.63) is 54.4 Å². The summed E-state index contributed by atoms with van der Waals surface area (Å²) >= 11 is 1.17. The minimum Gasteiger partial charge on any atom is -0.335 e. The molecule has 0 aliphatic heterocycles. The van der Waals surface area contributed by atoms with Gasteiger partial charge < -0.3 is 11.2 Å². The highest BCUT2D eigenvalue weighted by Gasteiger charge is 2.14. The lowest BCUT2D eigenvalue weighted by atomic mass is 10.1. The quantitative estimate of drug-likeness (QED) is 0.388. The van der Waals surface area contributed by atoms with Gasteiger partial charge in [0.15, 0.2) is 11.6 Å². The number of nitrogens with two attached hydrogens (primary N) is 1. The van der Waals surface area contributed by atoms with E-state index in [9.17, 15) is 9.59 Å². The van der Waals surface area contributed by atoms with Crippen LogP contribution >= 0.6 is 11.8 Å². The first-order chi connectivity index (χ1) is 12.5. The predicted octanol–water partition coefficient (Wildman–Crippen LogP) is 1.99. The van der Waals surface area contributed by atoms with Crippen molar-refractivity contribution in [3.63, 3.8) is 0 Å². The summed E-state index contributed by atoms with van der Waals surface area (Å²) in [5.41, 5.74) is 1.89. The number of pyridine rings is 1. The smallest absolute Gasteiger partial charge is 0.234 e. The van der Waals surface area contributed by atoms with Crippen molar-refractivity contribution >= 4 is 29.1 Å². The molecule has 1 amide bonds. The molecule has 2 aromatic heterocycles. The largest absolute Gasteiger partial charge is 0.335 e. The third-order valence-corrected chi connectivity index (χ3v) is 4.43. The molecule has 0 bridgehead atoms. The number of aromatic nitrogens is 4. The van der Waals surface area contributed by atoms with Gasteiger partial charge in [-0.25, -0.2) is 4.68 Å². The fourth-order valence-corrected chi connectivity index (χ4v) is 2.87. The Hall–Kier alpha value is -3.20. The molecule has 132 valence electrons. The maximum absolute atomic E-state index is 12.1. The molecular formula is C17H16N6O2S. The van der Waals surface area contributed by atoms with E-state index in [4.69, 9.17) is 5.84 Å². The molecule has 3 N–H and O–H groups in total. The van der Waals surface area contributed by atoms with Gasteiger partial charge in [-0.05, 0) is 31.2 Å². The van der Waals surface area contributed by atoms with Crippen molar-refractivity contribution in [1.29, 1.82) is 0 Å². The van der Waals surface area contributed by atoms with Gasteiger partial charge in [-0.3, -0.25) is 14.6 Å². The molecule has 9 heteroatoms. The number of ketones is 1. The Kier molecular flexibility index (Phi) is 5.28. The van der Waals surface area contributed by atoms with Crippen molar-refractivity contribution < 1.29 is 9.59 Å². The molecule has 0 spiro atoms. The number of benzene rings is 1. The normalized spacial score (nSPS) is 10.5. The first-order valence-corrected chi connectivity index (χ1v) is 8.67. The lowest BCUT2D eigenvalue weighted by molar-refractivity contribution is -0.113. The van der Waals surface area contributed by atoms with Gasteiger partial charge in [0.25, 0.3) is 0 Å². The summed E-state index contributed by atoms with van der Waals surface area (Å²) in [5.74, 6) is 6.31. The third kappa shape index (κ3) is 4.06. The Balaban J connectivity index is 1.63. The van der Waals surface area contributed by atoms with E-state index < -0.39 is 0 Å². The molecule has 8 nitrogen and oxygen atoms in total. The van der Waals surface area contributed by atoms with Gasteiger partial charge in [0, 0.05) is 29.2 Å². The van der Waals surface area contributed by atoms with E-state index in [1.165, 1.54) is 23.4 Å². The minimum atomic E-state index is -0.232. The van der Waals surface area contributed by atoms with Gasteiger partial charge >= 0.3 is 0 Å². The Morgan fingerprint density at radius 2 is 1.96 bits per heavy atom. The number of amides is 1. The molecule has 26 heavy (non-hydrogen) atoms. The second-order valence-electron chi connectivity index (χ2n) is 5.39. The number of carbonyl (C=O) groups excluding carboxylic acids is 2. The van der Waals surface area contributed by atoms with Crippen molar-refractivity contribution in [1.82, 2.24) is 19.9 Å². The van der Waals surface area contributed by atoms with Crippen LogP contribution in [0.4, 0.5) is 5.69 Å². The van der Waals surface area contributed by atoms with Crippen LogP contribution in [0.1, 0.15) is 17.3 Å². The summed E-state index contributed by atoms with van der Waals surface area (Å²) < 4.78 is 1.34. The van der Waals surface area contributed by atoms with Gasteiger partial charge in [-0.1, -0.05) is 23.9 Å². The summed E-state index contributed by atoms with van der Waals surface area (Å²) in [7, 11) is 0. The van der Waals surface area contributed by atoms with Crippen LogP contribution in [-0.4, -0.2) is 37.3 Å². The average molecular weight is 368 g/mol. The standard InChI is InChI=1S/C17H16N6O2S/c1-11(24)13-3-2-4-14(9-13)20-15(25)10-26-17-22-21-16(23(17)18)12-5-7-19-8-6-12/h2-9H,10,18H2,1H3,(H,20,25). The number of anilines is 1. The minimum absolute atomic E-state index is 0.0599. The molecule has 0 radical (unpaired) electrons. The molecule has 1 aromatic carbocycles. The van der Waals surface area contributed by atoms with E-state index in [1.54, 1.807) is 48.8 Å². The SMILES string of the molecule is CC(=O)c1cccc(NC(=O)CSc2nnc(-c3ccncc3)n2N)c1. The van der Waals surface area contributed by atoms with Crippen molar-refractivity contribution in [3.8, 4) is 11.4 Å². The van der Waals surface area contributed by atoms with E-state index in [0.717, 1.165) is 5.56 Å². The first-order valence-electron chi connectivity index (χ1n) is 7.69. The third-order valence-electron chi connectivity index (χ3n) is 3.49. The highest BCUT2D eigenvalue weighted by Crippen LogP contribution is 2.21. The molecule has 0 unspecified atom stereocenters. The van der Waals surface area contributed by atoms with Crippen LogP contribution in [-0.2, 0) is 4.79 Å². The second kappa shape index (κ2) is 7.79. The maximum atomic E-state index is 12.1. The Bertz CT molecular complexity index is 941. The zero-order chi connectivity index (χ0) is 18.5. The van der Waals surface area contributed by atoms with Crippen LogP contribution in [0.5, 0.6) is 0 Å². The van der Waals surface area contributed by atoms with Crippen LogP contribution in [0.15, 0.2) is 53.9 Å². The van der Waals surface area contributed by atoms with Gasteiger partial charge in [0.1, 0.15) is 0 Å². The lowest BCUT2D eigenvalue weighted by Crippen LogP contribution is -2.16. The molecule has 3 rings (SSSR count). The molecule has 0 saturated heterocycles. The van der Waals surface area contributed by atoms with E-state index in [2.05, 4.69) is 20.5 Å². The van der Waals surface area contributed by atoms with Crippen molar-refractivity contribution in [2.24, 2.45) is 0 Å². The van der Waals surface area contributed by atoms with Gasteiger partial charge in [-0.15, -0.1) is 10.2 Å². The van der Waals surface area contributed by atoms with Crippen LogP contribution in [0.25, 0.3) is 11.4 Å². The summed E-state index contributed by atoms with van der Waals surface area (Å²) in [6.45, 7) is 1.48. The van der Waals surface area contributed by atoms with Gasteiger partial charge in [-0.2, -0.15) is 0 Å². The number of thioether (sulfide) groups is 1. The van der Waals surface area contributed by atoms with E-state index in [1.807, 2.05) is 0 Å². The molecule has 3 aromatic rings. The van der Waals surface area contributed by atoms with Gasteiger partial charge in [0.2, 0.25) is 11.1 Å². The summed E-state index contributed by atoms with van der Waals surface area (Å²) in [6, 6.07) is 10.3. The lowest BCUT2D eigenvalue weighted by Gasteiger charge is -2.06. The number of carbonyl (C=O) groups is 2. The Morgan fingerprint density at radius 1 is 1.19 bits per heavy atom. The zero-order valence-electron chi connectivity index (χ0n) is 13.9.